The van der Waals surface area contributed by atoms with Gasteiger partial charge in [0.2, 0.25) is 5.95 Å². The van der Waals surface area contributed by atoms with E-state index in [2.05, 4.69) is 60.2 Å². The summed E-state index contributed by atoms with van der Waals surface area (Å²) >= 11 is 0. The smallest absolute Gasteiger partial charge is 0.377 e. The summed E-state index contributed by atoms with van der Waals surface area (Å²) in [6, 6.07) is 3.96. The van der Waals surface area contributed by atoms with Crippen LogP contribution in [0.2, 0.25) is 0 Å². The number of anilines is 4. The molecule has 2 N–H and O–H groups in total. The van der Waals surface area contributed by atoms with Crippen LogP contribution in [0.5, 0.6) is 0 Å². The molecule has 3 heterocycles. The largest absolute Gasteiger partial charge is 0.418 e. The third-order valence-corrected chi connectivity index (χ3v) is 7.46. The summed E-state index contributed by atoms with van der Waals surface area (Å²) < 4.78 is 56.5. The highest BCUT2D eigenvalue weighted by Crippen LogP contribution is 2.40. The van der Waals surface area contributed by atoms with Gasteiger partial charge in [-0.15, -0.1) is 0 Å². The lowest BCUT2D eigenvalue weighted by Crippen LogP contribution is -2.61. The molecule has 2 aliphatic rings. The average molecular weight is 522 g/mol. The monoisotopic (exact) mass is 521 g/mol. The highest BCUT2D eigenvalue weighted by Gasteiger charge is 2.43. The fourth-order valence-corrected chi connectivity index (χ4v) is 5.23. The first kappa shape index (κ1) is 27.0. The van der Waals surface area contributed by atoms with Crippen LogP contribution >= 0.6 is 0 Å². The minimum atomic E-state index is -4.56. The Balaban J connectivity index is 1.56. The Morgan fingerprint density at radius 2 is 1.68 bits per heavy atom. The van der Waals surface area contributed by atoms with Crippen molar-refractivity contribution in [2.75, 3.05) is 42.7 Å². The maximum atomic E-state index is 14.6. The minimum absolute atomic E-state index is 0.00992. The van der Waals surface area contributed by atoms with Crippen LogP contribution in [-0.4, -0.2) is 64.1 Å². The lowest BCUT2D eigenvalue weighted by molar-refractivity contribution is -0.137. The van der Waals surface area contributed by atoms with Gasteiger partial charge in [0.25, 0.3) is 0 Å². The molecular formula is C26H35F4N7. The molecule has 11 heteroatoms. The number of nitrogens with one attached hydrogen (secondary N) is 2. The predicted octanol–water partition coefficient (Wildman–Crippen LogP) is 5.66. The zero-order valence-corrected chi connectivity index (χ0v) is 22.1. The van der Waals surface area contributed by atoms with Crippen molar-refractivity contribution in [3.05, 3.63) is 48.2 Å². The van der Waals surface area contributed by atoms with E-state index in [1.807, 2.05) is 11.9 Å². The molecule has 0 amide bonds. The van der Waals surface area contributed by atoms with Gasteiger partial charge in [-0.05, 0) is 65.8 Å². The lowest BCUT2D eigenvalue weighted by Gasteiger charge is -2.53. The second kappa shape index (κ2) is 9.66. The first-order valence-corrected chi connectivity index (χ1v) is 12.3. The summed E-state index contributed by atoms with van der Waals surface area (Å²) in [5, 5.41) is 6.02. The van der Waals surface area contributed by atoms with Crippen molar-refractivity contribution >= 4 is 23.1 Å². The van der Waals surface area contributed by atoms with Gasteiger partial charge in [-0.2, -0.15) is 18.2 Å². The van der Waals surface area contributed by atoms with Crippen LogP contribution in [0, 0.1) is 5.82 Å². The molecule has 37 heavy (non-hydrogen) atoms. The molecule has 4 rings (SSSR count). The van der Waals surface area contributed by atoms with E-state index in [1.54, 1.807) is 23.4 Å². The Morgan fingerprint density at radius 1 is 1.00 bits per heavy atom. The van der Waals surface area contributed by atoms with Crippen molar-refractivity contribution in [2.45, 2.75) is 63.8 Å². The predicted molar refractivity (Wildman–Crippen MR) is 138 cm³/mol. The molecule has 2 aliphatic heterocycles. The topological polar surface area (TPSA) is 59.6 Å². The number of alkyl halides is 3. The summed E-state index contributed by atoms with van der Waals surface area (Å²) in [7, 11) is 3.95. The summed E-state index contributed by atoms with van der Waals surface area (Å²) in [4.78, 5) is 14.0. The van der Waals surface area contributed by atoms with E-state index < -0.39 is 17.6 Å². The molecule has 1 aromatic carbocycles. The van der Waals surface area contributed by atoms with E-state index in [-0.39, 0.29) is 40.3 Å². The lowest BCUT2D eigenvalue weighted by atomic mass is 9.77. The van der Waals surface area contributed by atoms with Crippen LogP contribution in [0.4, 0.5) is 40.7 Å². The number of likely N-dealkylation sites (N-methyl/N-ethyl adjacent to an activating group) is 1. The third-order valence-electron chi connectivity index (χ3n) is 7.46. The second-order valence-corrected chi connectivity index (χ2v) is 11.2. The van der Waals surface area contributed by atoms with Crippen molar-refractivity contribution in [1.29, 1.82) is 0 Å². The number of benzene rings is 1. The number of likely N-dealkylation sites (tertiary alicyclic amines) is 1. The van der Waals surface area contributed by atoms with Gasteiger partial charge in [0.05, 0.1) is 17.4 Å². The van der Waals surface area contributed by atoms with E-state index in [9.17, 15) is 17.6 Å². The number of halogens is 4. The number of hydrogen-bond donors (Lipinski definition) is 2. The van der Waals surface area contributed by atoms with Gasteiger partial charge in [-0.1, -0.05) is 0 Å². The molecule has 0 spiro atoms. The van der Waals surface area contributed by atoms with E-state index >= 15 is 0 Å². The van der Waals surface area contributed by atoms with Crippen LogP contribution in [0.3, 0.4) is 0 Å². The fraction of sp³-hybridized carbons (Fsp3) is 0.538. The zero-order valence-electron chi connectivity index (χ0n) is 22.1. The standard InChI is InChI=1S/C26H35F4N7/c1-24(2)14-18(15-25(3,4)36(24)6)32-22-20(27)16-31-23(34-22)33-17-7-8-21(19(13-17)26(28,29)30)37-11-9-35(5)10-12-37/h7-9,11,13,16,18H,10,12,14-15H2,1-6H3,(H2,31,32,33,34). The third kappa shape index (κ3) is 5.92. The van der Waals surface area contributed by atoms with Crippen molar-refractivity contribution in [3.8, 4) is 0 Å². The normalized spacial score (nSPS) is 20.3. The second-order valence-electron chi connectivity index (χ2n) is 11.2. The van der Waals surface area contributed by atoms with E-state index in [4.69, 9.17) is 0 Å². The molecule has 1 aromatic heterocycles. The molecule has 0 radical (unpaired) electrons. The van der Waals surface area contributed by atoms with Crippen LogP contribution in [0.1, 0.15) is 46.1 Å². The zero-order chi connectivity index (χ0) is 27.2. The Hall–Kier alpha value is -3.08. The maximum Gasteiger partial charge on any atom is 0.418 e. The number of hydrogen-bond acceptors (Lipinski definition) is 7. The molecule has 202 valence electrons. The van der Waals surface area contributed by atoms with Gasteiger partial charge >= 0.3 is 6.18 Å². The van der Waals surface area contributed by atoms with Crippen molar-refractivity contribution in [2.24, 2.45) is 0 Å². The quantitative estimate of drug-likeness (QED) is 0.492. The maximum absolute atomic E-state index is 14.6. The van der Waals surface area contributed by atoms with Gasteiger partial charge in [0, 0.05) is 55.3 Å². The Kier molecular flexibility index (Phi) is 7.04. The summed E-state index contributed by atoms with van der Waals surface area (Å²) in [5.74, 6) is -0.585. The van der Waals surface area contributed by atoms with Crippen LogP contribution in [-0.2, 0) is 6.18 Å². The average Bonchev–Trinajstić information content (AvgIpc) is 2.79. The van der Waals surface area contributed by atoms with Crippen molar-refractivity contribution < 1.29 is 17.6 Å². The van der Waals surface area contributed by atoms with Gasteiger partial charge < -0.3 is 20.4 Å². The molecule has 0 bridgehead atoms. The molecule has 0 unspecified atom stereocenters. The molecule has 1 fully saturated rings. The van der Waals surface area contributed by atoms with Gasteiger partial charge in [-0.25, -0.2) is 9.37 Å². The molecular weight excluding hydrogens is 486 g/mol. The highest BCUT2D eigenvalue weighted by atomic mass is 19.4. The molecule has 0 saturated carbocycles. The van der Waals surface area contributed by atoms with Gasteiger partial charge in [0.1, 0.15) is 0 Å². The van der Waals surface area contributed by atoms with E-state index in [0.717, 1.165) is 25.1 Å². The Bertz CT molecular complexity index is 1140. The van der Waals surface area contributed by atoms with Crippen LogP contribution < -0.4 is 15.5 Å². The van der Waals surface area contributed by atoms with Gasteiger partial charge in [0.15, 0.2) is 11.6 Å². The first-order chi connectivity index (χ1) is 17.2. The number of aromatic nitrogens is 2. The Morgan fingerprint density at radius 3 is 2.27 bits per heavy atom. The minimum Gasteiger partial charge on any atom is -0.377 e. The SMILES string of the molecule is CN1C=CN(c2ccc(Nc3ncc(F)c(NC4CC(C)(C)N(C)C(C)(C)C4)n3)cc2C(F)(F)F)CC1. The highest BCUT2D eigenvalue weighted by molar-refractivity contribution is 5.66. The number of nitrogens with zero attached hydrogens (tertiary/aromatic N) is 5. The molecule has 7 nitrogen and oxygen atoms in total. The molecule has 2 aromatic rings. The van der Waals surface area contributed by atoms with Crippen LogP contribution in [0.15, 0.2) is 36.8 Å². The summed E-state index contributed by atoms with van der Waals surface area (Å²) in [6.45, 7) is 9.62. The first-order valence-electron chi connectivity index (χ1n) is 12.3. The number of piperidine rings is 1. The van der Waals surface area contributed by atoms with E-state index in [1.165, 1.54) is 6.07 Å². The van der Waals surface area contributed by atoms with E-state index in [0.29, 0.717) is 13.1 Å². The van der Waals surface area contributed by atoms with Crippen molar-refractivity contribution in [3.63, 3.8) is 0 Å². The van der Waals surface area contributed by atoms with Gasteiger partial charge in [-0.3, -0.25) is 4.90 Å². The molecule has 0 atom stereocenters. The fourth-order valence-electron chi connectivity index (χ4n) is 5.23. The number of rotatable bonds is 5. The summed E-state index contributed by atoms with van der Waals surface area (Å²) in [5.41, 5.74) is -0.772. The van der Waals surface area contributed by atoms with Crippen LogP contribution in [0.25, 0.3) is 0 Å². The Labute approximate surface area is 215 Å². The molecule has 1 saturated heterocycles. The van der Waals surface area contributed by atoms with Crippen molar-refractivity contribution in [1.82, 2.24) is 19.8 Å². The summed E-state index contributed by atoms with van der Waals surface area (Å²) in [6.07, 6.45) is 1.38. The molecule has 0 aliphatic carbocycles.